The van der Waals surface area contributed by atoms with Crippen molar-refractivity contribution in [2.75, 3.05) is 50.8 Å². The molecule has 4 aliphatic heterocycles. The minimum Gasteiger partial charge on any atom is -0.396 e. The van der Waals surface area contributed by atoms with Crippen LogP contribution in [0.2, 0.25) is 0 Å². The first-order valence-electron chi connectivity index (χ1n) is 10.5. The minimum absolute atomic E-state index is 0.0334. The minimum atomic E-state index is -0.367. The van der Waals surface area contributed by atoms with Gasteiger partial charge < -0.3 is 25.0 Å². The Labute approximate surface area is 165 Å². The number of aromatic nitrogens is 2. The van der Waals surface area contributed by atoms with E-state index < -0.39 is 0 Å². The van der Waals surface area contributed by atoms with Gasteiger partial charge in [0.2, 0.25) is 5.95 Å². The molecule has 4 atom stereocenters. The fourth-order valence-electron chi connectivity index (χ4n) is 5.54. The highest BCUT2D eigenvalue weighted by atomic mass is 16.5. The number of anilines is 1. The van der Waals surface area contributed by atoms with Gasteiger partial charge in [-0.1, -0.05) is 0 Å². The maximum absolute atomic E-state index is 13.2. The number of aliphatic hydroxyl groups is 1. The number of amides is 1. The number of likely N-dealkylation sites (tertiary alicyclic amines) is 1. The van der Waals surface area contributed by atoms with Gasteiger partial charge in [0.25, 0.3) is 5.91 Å². The molecule has 5 heterocycles. The first-order chi connectivity index (χ1) is 13.6. The zero-order valence-corrected chi connectivity index (χ0v) is 16.4. The van der Waals surface area contributed by atoms with Gasteiger partial charge in [-0.05, 0) is 26.2 Å². The van der Waals surface area contributed by atoms with Gasteiger partial charge in [-0.25, -0.2) is 9.97 Å². The average molecular weight is 387 g/mol. The molecular formula is C20H29N5O3. The molecule has 5 rings (SSSR count). The zero-order valence-electron chi connectivity index (χ0n) is 16.4. The number of nitrogens with one attached hydrogen (secondary N) is 1. The predicted octanol–water partition coefficient (Wildman–Crippen LogP) is 0.197. The van der Waals surface area contributed by atoms with Crippen LogP contribution in [0.4, 0.5) is 5.95 Å². The Balaban J connectivity index is 1.34. The van der Waals surface area contributed by atoms with E-state index in [1.54, 1.807) is 6.20 Å². The number of rotatable bonds is 3. The highest BCUT2D eigenvalue weighted by Gasteiger charge is 2.61. The maximum Gasteiger partial charge on any atom is 0.257 e. The van der Waals surface area contributed by atoms with Gasteiger partial charge in [0.1, 0.15) is 5.60 Å². The Kier molecular flexibility index (Phi) is 4.52. The number of aryl methyl sites for hydroxylation is 1. The molecule has 1 spiro atoms. The molecule has 8 nitrogen and oxygen atoms in total. The second kappa shape index (κ2) is 6.93. The van der Waals surface area contributed by atoms with Crippen LogP contribution < -0.4 is 10.2 Å². The van der Waals surface area contributed by atoms with Crippen molar-refractivity contribution in [1.29, 1.82) is 0 Å². The molecule has 2 N–H and O–H groups in total. The van der Waals surface area contributed by atoms with Gasteiger partial charge in [-0.3, -0.25) is 4.79 Å². The zero-order chi connectivity index (χ0) is 19.3. The molecule has 4 aliphatic rings. The fraction of sp³-hybridized carbons (Fsp3) is 0.750. The van der Waals surface area contributed by atoms with Crippen molar-refractivity contribution in [2.24, 2.45) is 11.8 Å². The summed E-state index contributed by atoms with van der Waals surface area (Å²) in [7, 11) is 0. The summed E-state index contributed by atoms with van der Waals surface area (Å²) in [5, 5.41) is 13.3. The summed E-state index contributed by atoms with van der Waals surface area (Å²) < 4.78 is 6.30. The van der Waals surface area contributed by atoms with E-state index in [1.165, 1.54) is 19.3 Å². The van der Waals surface area contributed by atoms with E-state index in [0.29, 0.717) is 18.7 Å². The van der Waals surface area contributed by atoms with Crippen molar-refractivity contribution in [3.05, 3.63) is 17.5 Å². The van der Waals surface area contributed by atoms with Gasteiger partial charge in [0.05, 0.1) is 23.9 Å². The van der Waals surface area contributed by atoms with Crippen LogP contribution in [0.3, 0.4) is 0 Å². The summed E-state index contributed by atoms with van der Waals surface area (Å²) in [6.07, 6.45) is 5.33. The van der Waals surface area contributed by atoms with E-state index in [1.807, 2.05) is 11.8 Å². The molecule has 4 saturated heterocycles. The molecule has 0 aliphatic carbocycles. The van der Waals surface area contributed by atoms with E-state index in [2.05, 4.69) is 20.2 Å². The average Bonchev–Trinajstić information content (AvgIpc) is 3.16. The highest BCUT2D eigenvalue weighted by molar-refractivity contribution is 5.95. The van der Waals surface area contributed by atoms with Crippen LogP contribution in [0.25, 0.3) is 0 Å². The molecule has 0 aromatic carbocycles. The van der Waals surface area contributed by atoms with Crippen LogP contribution in [0, 0.1) is 18.8 Å². The quantitative estimate of drug-likeness (QED) is 0.765. The molecule has 28 heavy (non-hydrogen) atoms. The van der Waals surface area contributed by atoms with Crippen LogP contribution in [0.5, 0.6) is 0 Å². The van der Waals surface area contributed by atoms with Crippen LogP contribution in [0.1, 0.15) is 35.3 Å². The van der Waals surface area contributed by atoms with E-state index in [-0.39, 0.29) is 36.1 Å². The molecule has 0 radical (unpaired) electrons. The lowest BCUT2D eigenvalue weighted by Crippen LogP contribution is -2.52. The normalized spacial score (nSPS) is 34.6. The number of nitrogens with zero attached hydrogens (tertiary/aromatic N) is 4. The third kappa shape index (κ3) is 2.81. The number of carbonyl (C=O) groups excluding carboxylic acids is 1. The summed E-state index contributed by atoms with van der Waals surface area (Å²) in [6.45, 7) is 6.66. The fourth-order valence-corrected chi connectivity index (χ4v) is 5.54. The maximum atomic E-state index is 13.2. The predicted molar refractivity (Wildman–Crippen MR) is 103 cm³/mol. The van der Waals surface area contributed by atoms with Crippen molar-refractivity contribution in [2.45, 2.75) is 37.9 Å². The van der Waals surface area contributed by atoms with Crippen molar-refractivity contribution >= 4 is 11.9 Å². The lowest BCUT2D eigenvalue weighted by atomic mass is 9.83. The number of aliphatic hydroxyl groups excluding tert-OH is 1. The Morgan fingerprint density at radius 3 is 2.96 bits per heavy atom. The molecule has 2 bridgehead atoms. The number of hydrogen-bond acceptors (Lipinski definition) is 7. The molecule has 152 valence electrons. The Hall–Kier alpha value is -1.77. The van der Waals surface area contributed by atoms with Crippen LogP contribution >= 0.6 is 0 Å². The Morgan fingerprint density at radius 2 is 2.21 bits per heavy atom. The lowest BCUT2D eigenvalue weighted by molar-refractivity contribution is -0.0726. The standard InChI is InChI=1S/C20H29N5O3/c1-13-14(7-22-19(23-13)24-5-3-2-4-6-24)18(27)25-9-16-15(10-26)17-8-21-11-20(16,12-25)28-17/h7,15-17,21,26H,2-6,8-12H2,1H3/t15-,16+,17+,20+/m0/s1. The first-order valence-corrected chi connectivity index (χ1v) is 10.5. The SMILES string of the molecule is Cc1nc(N2CCCCC2)ncc1C(=O)N1C[C@@H]2[C@H](CO)[C@H]3CNC[C@]2(C1)O3. The van der Waals surface area contributed by atoms with Crippen molar-refractivity contribution < 1.29 is 14.6 Å². The van der Waals surface area contributed by atoms with E-state index >= 15 is 0 Å². The number of piperidine rings is 1. The van der Waals surface area contributed by atoms with Gasteiger partial charge >= 0.3 is 0 Å². The smallest absolute Gasteiger partial charge is 0.257 e. The summed E-state index contributed by atoms with van der Waals surface area (Å²) >= 11 is 0. The van der Waals surface area contributed by atoms with Crippen molar-refractivity contribution in [3.8, 4) is 0 Å². The monoisotopic (exact) mass is 387 g/mol. The van der Waals surface area contributed by atoms with Crippen LogP contribution in [-0.2, 0) is 4.74 Å². The molecule has 0 saturated carbocycles. The molecule has 4 fully saturated rings. The van der Waals surface area contributed by atoms with Crippen molar-refractivity contribution in [1.82, 2.24) is 20.2 Å². The third-order valence-corrected chi connectivity index (χ3v) is 7.04. The molecule has 0 unspecified atom stereocenters. The van der Waals surface area contributed by atoms with Gasteiger partial charge in [-0.2, -0.15) is 0 Å². The topological polar surface area (TPSA) is 90.8 Å². The number of carbonyl (C=O) groups is 1. The summed E-state index contributed by atoms with van der Waals surface area (Å²) in [5.41, 5.74) is 0.932. The van der Waals surface area contributed by atoms with Gasteiger partial charge in [0.15, 0.2) is 0 Å². The molecular weight excluding hydrogens is 358 g/mol. The van der Waals surface area contributed by atoms with Gasteiger partial charge in [0, 0.05) is 57.4 Å². The Morgan fingerprint density at radius 1 is 1.39 bits per heavy atom. The summed E-state index contributed by atoms with van der Waals surface area (Å²) in [4.78, 5) is 26.4. The first kappa shape index (κ1) is 18.3. The van der Waals surface area contributed by atoms with E-state index in [9.17, 15) is 9.90 Å². The third-order valence-electron chi connectivity index (χ3n) is 7.04. The summed E-state index contributed by atoms with van der Waals surface area (Å²) in [6, 6.07) is 0. The van der Waals surface area contributed by atoms with Crippen molar-refractivity contribution in [3.63, 3.8) is 0 Å². The molecule has 1 aromatic heterocycles. The van der Waals surface area contributed by atoms with Crippen LogP contribution in [-0.4, -0.2) is 83.5 Å². The van der Waals surface area contributed by atoms with E-state index in [0.717, 1.165) is 37.8 Å². The molecule has 1 aromatic rings. The number of ether oxygens (including phenoxy) is 1. The van der Waals surface area contributed by atoms with E-state index in [4.69, 9.17) is 4.74 Å². The Bertz CT molecular complexity index is 768. The second-order valence-electron chi connectivity index (χ2n) is 8.71. The lowest BCUT2D eigenvalue weighted by Gasteiger charge is -2.34. The van der Waals surface area contributed by atoms with Gasteiger partial charge in [-0.15, -0.1) is 0 Å². The second-order valence-corrected chi connectivity index (χ2v) is 8.71. The number of hydrogen-bond donors (Lipinski definition) is 2. The largest absolute Gasteiger partial charge is 0.396 e. The molecule has 1 amide bonds. The highest BCUT2D eigenvalue weighted by Crippen LogP contribution is 2.47. The van der Waals surface area contributed by atoms with Crippen LogP contribution in [0.15, 0.2) is 6.20 Å². The number of fused-ring (bicyclic) bond motifs is 1. The summed E-state index contributed by atoms with van der Waals surface area (Å²) in [5.74, 6) is 0.962. The number of morpholine rings is 1. The molecule has 8 heteroatoms.